The van der Waals surface area contributed by atoms with Crippen LogP contribution in [0.5, 0.6) is 0 Å². The number of nitro groups is 1. The van der Waals surface area contributed by atoms with Crippen molar-refractivity contribution in [3.05, 3.63) is 62.8 Å². The highest BCUT2D eigenvalue weighted by molar-refractivity contribution is 7.15. The summed E-state index contributed by atoms with van der Waals surface area (Å²) in [4.78, 5) is 11.1. The van der Waals surface area contributed by atoms with Crippen molar-refractivity contribution in [2.75, 3.05) is 0 Å². The van der Waals surface area contributed by atoms with E-state index in [0.717, 1.165) is 21.8 Å². The number of rotatable bonds is 5. The van der Waals surface area contributed by atoms with Crippen LogP contribution in [0.4, 0.5) is 9.39 Å². The Labute approximate surface area is 114 Å². The van der Waals surface area contributed by atoms with Crippen LogP contribution in [-0.4, -0.2) is 4.92 Å². The summed E-state index contributed by atoms with van der Waals surface area (Å²) in [7, 11) is 0. The first kappa shape index (κ1) is 13.6. The van der Waals surface area contributed by atoms with Gasteiger partial charge >= 0.3 is 5.00 Å². The summed E-state index contributed by atoms with van der Waals surface area (Å²) in [6, 6.07) is 9.60. The predicted molar refractivity (Wildman–Crippen MR) is 72.6 cm³/mol. The van der Waals surface area contributed by atoms with Crippen LogP contribution in [-0.2, 0) is 6.54 Å². The van der Waals surface area contributed by atoms with Crippen LogP contribution < -0.4 is 5.32 Å². The Morgan fingerprint density at radius 1 is 1.32 bits per heavy atom. The first-order valence-corrected chi connectivity index (χ1v) is 6.60. The molecule has 100 valence electrons. The Kier molecular flexibility index (Phi) is 4.24. The van der Waals surface area contributed by atoms with Gasteiger partial charge < -0.3 is 5.32 Å². The van der Waals surface area contributed by atoms with Crippen LogP contribution in [0.15, 0.2) is 36.4 Å². The molecule has 0 saturated carbocycles. The second kappa shape index (κ2) is 5.90. The highest BCUT2D eigenvalue weighted by Crippen LogP contribution is 2.24. The van der Waals surface area contributed by atoms with Gasteiger partial charge in [0.1, 0.15) is 5.82 Å². The topological polar surface area (TPSA) is 55.2 Å². The molecule has 1 N–H and O–H groups in total. The second-order valence-electron chi connectivity index (χ2n) is 4.15. The molecule has 1 aromatic carbocycles. The maximum Gasteiger partial charge on any atom is 0.324 e. The molecule has 0 aliphatic carbocycles. The van der Waals surface area contributed by atoms with E-state index in [2.05, 4.69) is 5.32 Å². The summed E-state index contributed by atoms with van der Waals surface area (Å²) in [5, 5.41) is 14.0. The van der Waals surface area contributed by atoms with E-state index in [1.807, 2.05) is 6.92 Å². The largest absolute Gasteiger partial charge is 0.324 e. The number of benzene rings is 1. The van der Waals surface area contributed by atoms with Gasteiger partial charge in [0.2, 0.25) is 0 Å². The Morgan fingerprint density at radius 3 is 2.58 bits per heavy atom. The zero-order valence-electron chi connectivity index (χ0n) is 10.3. The van der Waals surface area contributed by atoms with E-state index in [0.29, 0.717) is 6.54 Å². The summed E-state index contributed by atoms with van der Waals surface area (Å²) in [6.45, 7) is 2.52. The molecule has 0 bridgehead atoms. The van der Waals surface area contributed by atoms with Gasteiger partial charge in [0, 0.05) is 23.5 Å². The van der Waals surface area contributed by atoms with Crippen molar-refractivity contribution >= 4 is 16.3 Å². The third kappa shape index (κ3) is 3.59. The maximum atomic E-state index is 12.8. The van der Waals surface area contributed by atoms with Crippen LogP contribution in [0.1, 0.15) is 23.4 Å². The number of halogens is 1. The van der Waals surface area contributed by atoms with Gasteiger partial charge in [-0.15, -0.1) is 0 Å². The van der Waals surface area contributed by atoms with Gasteiger partial charge in [0.05, 0.1) is 4.92 Å². The molecule has 19 heavy (non-hydrogen) atoms. The third-order valence-corrected chi connectivity index (χ3v) is 3.82. The van der Waals surface area contributed by atoms with E-state index in [4.69, 9.17) is 0 Å². The van der Waals surface area contributed by atoms with Crippen LogP contribution in [0.3, 0.4) is 0 Å². The average molecular weight is 280 g/mol. The molecule has 0 aliphatic rings. The summed E-state index contributed by atoms with van der Waals surface area (Å²) < 4.78 is 12.8. The summed E-state index contributed by atoms with van der Waals surface area (Å²) >= 11 is 1.16. The van der Waals surface area contributed by atoms with E-state index in [9.17, 15) is 14.5 Å². The molecule has 0 fully saturated rings. The number of hydrogen-bond donors (Lipinski definition) is 1. The number of thiophene rings is 1. The molecule has 2 aromatic rings. The fourth-order valence-corrected chi connectivity index (χ4v) is 2.45. The lowest BCUT2D eigenvalue weighted by Gasteiger charge is -2.13. The molecule has 4 nitrogen and oxygen atoms in total. The summed E-state index contributed by atoms with van der Waals surface area (Å²) in [5.74, 6) is -0.259. The van der Waals surface area contributed by atoms with Crippen molar-refractivity contribution in [3.8, 4) is 0 Å². The minimum atomic E-state index is -0.391. The number of nitrogens with one attached hydrogen (secondary N) is 1. The molecular formula is C13H13FN2O2S. The van der Waals surface area contributed by atoms with Crippen molar-refractivity contribution in [1.29, 1.82) is 0 Å². The molecule has 6 heteroatoms. The minimum Gasteiger partial charge on any atom is -0.305 e. The molecule has 2 rings (SSSR count). The van der Waals surface area contributed by atoms with Crippen LogP contribution >= 0.6 is 11.3 Å². The SMILES string of the molecule is C[C@H](NCc1ccc([N+](=O)[O-])s1)c1ccc(F)cc1. The van der Waals surface area contributed by atoms with Crippen LogP contribution in [0.2, 0.25) is 0 Å². The molecule has 0 spiro atoms. The molecule has 0 aliphatic heterocycles. The standard InChI is InChI=1S/C13H13FN2O2S/c1-9(10-2-4-11(14)5-3-10)15-8-12-6-7-13(19-12)16(17)18/h2-7,9,15H,8H2,1H3/t9-/m0/s1. The number of hydrogen-bond acceptors (Lipinski definition) is 4. The molecular weight excluding hydrogens is 267 g/mol. The van der Waals surface area contributed by atoms with Gasteiger partial charge in [-0.3, -0.25) is 10.1 Å². The Hall–Kier alpha value is -1.79. The van der Waals surface area contributed by atoms with Crippen molar-refractivity contribution < 1.29 is 9.31 Å². The molecule has 0 saturated heterocycles. The van der Waals surface area contributed by atoms with E-state index in [-0.39, 0.29) is 16.9 Å². The molecule has 1 atom stereocenters. The molecule has 0 unspecified atom stereocenters. The predicted octanol–water partition coefficient (Wildman–Crippen LogP) is 3.65. The smallest absolute Gasteiger partial charge is 0.305 e. The van der Waals surface area contributed by atoms with Gasteiger partial charge in [-0.05, 0) is 30.7 Å². The van der Waals surface area contributed by atoms with Crippen molar-refractivity contribution in [1.82, 2.24) is 5.32 Å². The van der Waals surface area contributed by atoms with Gasteiger partial charge in [0.15, 0.2) is 0 Å². The second-order valence-corrected chi connectivity index (χ2v) is 5.30. The first-order valence-electron chi connectivity index (χ1n) is 5.78. The number of nitrogens with zero attached hydrogens (tertiary/aromatic N) is 1. The average Bonchev–Trinajstić information content (AvgIpc) is 2.86. The highest BCUT2D eigenvalue weighted by Gasteiger charge is 2.11. The van der Waals surface area contributed by atoms with Crippen molar-refractivity contribution in [2.45, 2.75) is 19.5 Å². The zero-order valence-corrected chi connectivity index (χ0v) is 11.1. The Balaban J connectivity index is 1.94. The molecule has 1 heterocycles. The summed E-state index contributed by atoms with van der Waals surface area (Å²) in [5.41, 5.74) is 0.979. The fourth-order valence-electron chi connectivity index (χ4n) is 1.68. The van der Waals surface area contributed by atoms with Crippen molar-refractivity contribution in [3.63, 3.8) is 0 Å². The van der Waals surface area contributed by atoms with Gasteiger partial charge in [-0.2, -0.15) is 0 Å². The van der Waals surface area contributed by atoms with E-state index in [1.165, 1.54) is 18.2 Å². The van der Waals surface area contributed by atoms with Crippen LogP contribution in [0, 0.1) is 15.9 Å². The van der Waals surface area contributed by atoms with Gasteiger partial charge in [0.25, 0.3) is 0 Å². The fraction of sp³-hybridized carbons (Fsp3) is 0.231. The third-order valence-electron chi connectivity index (χ3n) is 2.78. The Morgan fingerprint density at radius 2 is 2.00 bits per heavy atom. The molecule has 0 radical (unpaired) electrons. The molecule has 0 amide bonds. The van der Waals surface area contributed by atoms with E-state index >= 15 is 0 Å². The van der Waals surface area contributed by atoms with Gasteiger partial charge in [-0.25, -0.2) is 4.39 Å². The summed E-state index contributed by atoms with van der Waals surface area (Å²) in [6.07, 6.45) is 0. The minimum absolute atomic E-state index is 0.0572. The lowest BCUT2D eigenvalue weighted by Crippen LogP contribution is -2.17. The Bertz CT molecular complexity index is 568. The lowest BCUT2D eigenvalue weighted by atomic mass is 10.1. The maximum absolute atomic E-state index is 12.8. The zero-order chi connectivity index (χ0) is 13.8. The van der Waals surface area contributed by atoms with Gasteiger partial charge in [-0.1, -0.05) is 23.5 Å². The van der Waals surface area contributed by atoms with E-state index in [1.54, 1.807) is 18.2 Å². The quantitative estimate of drug-likeness (QED) is 0.672. The highest BCUT2D eigenvalue weighted by atomic mass is 32.1. The van der Waals surface area contributed by atoms with Crippen LogP contribution in [0.25, 0.3) is 0 Å². The lowest BCUT2D eigenvalue weighted by molar-refractivity contribution is -0.380. The first-order chi connectivity index (χ1) is 9.06. The molecule has 1 aromatic heterocycles. The normalized spacial score (nSPS) is 12.3. The van der Waals surface area contributed by atoms with Crippen molar-refractivity contribution in [2.24, 2.45) is 0 Å². The monoisotopic (exact) mass is 280 g/mol. The van der Waals surface area contributed by atoms with E-state index < -0.39 is 4.92 Å².